The van der Waals surface area contributed by atoms with Gasteiger partial charge >= 0.3 is 0 Å². The molecular weight excluding hydrogens is 234 g/mol. The van der Waals surface area contributed by atoms with Crippen molar-refractivity contribution in [1.29, 1.82) is 0 Å². The summed E-state index contributed by atoms with van der Waals surface area (Å²) in [5, 5.41) is 3.35. The highest BCUT2D eigenvalue weighted by Crippen LogP contribution is 2.61. The molecule has 2 bridgehead atoms. The molecule has 0 aromatic heterocycles. The molecule has 2 nitrogen and oxygen atoms in total. The highest BCUT2D eigenvalue weighted by atomic mass is 16.2. The first-order valence-corrected chi connectivity index (χ1v) is 7.89. The van der Waals surface area contributed by atoms with E-state index >= 15 is 0 Å². The molecule has 1 amide bonds. The average molecular weight is 265 g/mol. The lowest BCUT2D eigenvalue weighted by Gasteiger charge is -2.62. The predicted octanol–water partition coefficient (Wildman–Crippen LogP) is 3.86. The molecule has 0 aromatic rings. The monoisotopic (exact) mass is 265 g/mol. The molecule has 0 radical (unpaired) electrons. The van der Waals surface area contributed by atoms with Gasteiger partial charge in [0, 0.05) is 11.5 Å². The second-order valence-electron chi connectivity index (χ2n) is 8.41. The maximum Gasteiger partial charge on any atom is 0.226 e. The van der Waals surface area contributed by atoms with Gasteiger partial charge in [-0.1, -0.05) is 48.5 Å². The first-order valence-electron chi connectivity index (χ1n) is 7.89. The second kappa shape index (κ2) is 4.49. The number of nitrogens with one attached hydrogen (secondary N) is 1. The van der Waals surface area contributed by atoms with Gasteiger partial charge in [0.05, 0.1) is 0 Å². The Balaban J connectivity index is 2.01. The van der Waals surface area contributed by atoms with Crippen molar-refractivity contribution in [2.45, 2.75) is 67.3 Å². The summed E-state index contributed by atoms with van der Waals surface area (Å²) in [6.45, 7) is 15.5. The molecule has 0 heterocycles. The number of amides is 1. The van der Waals surface area contributed by atoms with E-state index in [0.29, 0.717) is 23.3 Å². The van der Waals surface area contributed by atoms with Crippen LogP contribution in [0, 0.1) is 34.5 Å². The molecule has 3 aliphatic carbocycles. The topological polar surface area (TPSA) is 29.1 Å². The van der Waals surface area contributed by atoms with Crippen LogP contribution in [0.1, 0.15) is 61.3 Å². The summed E-state index contributed by atoms with van der Waals surface area (Å²) in [5.74, 6) is 2.82. The van der Waals surface area contributed by atoms with E-state index in [1.54, 1.807) is 0 Å². The Labute approximate surface area is 118 Å². The number of carbonyl (C=O) groups excluding carboxylic acids is 1. The van der Waals surface area contributed by atoms with Gasteiger partial charge in [-0.2, -0.15) is 0 Å². The van der Waals surface area contributed by atoms with E-state index in [-0.39, 0.29) is 11.3 Å². The maximum atomic E-state index is 12.5. The van der Waals surface area contributed by atoms with Crippen molar-refractivity contribution < 1.29 is 4.79 Å². The average Bonchev–Trinajstić information content (AvgIpc) is 2.30. The van der Waals surface area contributed by atoms with Crippen LogP contribution in [0.15, 0.2) is 0 Å². The third kappa shape index (κ3) is 2.21. The van der Waals surface area contributed by atoms with E-state index in [1.807, 2.05) is 0 Å². The minimum atomic E-state index is -0.267. The van der Waals surface area contributed by atoms with Gasteiger partial charge in [-0.05, 0) is 41.9 Å². The summed E-state index contributed by atoms with van der Waals surface area (Å²) in [6.07, 6.45) is 2.54. The number of fused-ring (bicyclic) bond motifs is 2. The smallest absolute Gasteiger partial charge is 0.226 e. The van der Waals surface area contributed by atoms with Crippen LogP contribution in [0.2, 0.25) is 0 Å². The molecule has 3 fully saturated rings. The molecule has 2 unspecified atom stereocenters. The Hall–Kier alpha value is -0.530. The van der Waals surface area contributed by atoms with Crippen molar-refractivity contribution in [3.05, 3.63) is 0 Å². The fourth-order valence-electron chi connectivity index (χ4n) is 3.96. The molecule has 110 valence electrons. The number of hydrogen-bond acceptors (Lipinski definition) is 1. The molecule has 0 spiro atoms. The summed E-state index contributed by atoms with van der Waals surface area (Å²) in [5.41, 5.74) is 0.227. The lowest BCUT2D eigenvalue weighted by atomic mass is 9.44. The molecule has 0 aliphatic heterocycles. The zero-order chi connectivity index (χ0) is 14.6. The molecule has 1 N–H and O–H groups in total. The summed E-state index contributed by atoms with van der Waals surface area (Å²) < 4.78 is 0. The summed E-state index contributed by atoms with van der Waals surface area (Å²) >= 11 is 0. The van der Waals surface area contributed by atoms with Crippen molar-refractivity contribution >= 4 is 5.91 Å². The third-order valence-electron chi connectivity index (χ3n) is 6.70. The summed E-state index contributed by atoms with van der Waals surface area (Å²) in [6, 6.07) is 0.391. The Kier molecular flexibility index (Phi) is 3.52. The maximum absolute atomic E-state index is 12.5. The molecule has 3 rings (SSSR count). The Morgan fingerprint density at radius 1 is 1.26 bits per heavy atom. The van der Waals surface area contributed by atoms with Crippen molar-refractivity contribution in [3.63, 3.8) is 0 Å². The van der Waals surface area contributed by atoms with Gasteiger partial charge in [-0.15, -0.1) is 0 Å². The number of rotatable bonds is 3. The third-order valence-corrected chi connectivity index (χ3v) is 6.70. The first kappa shape index (κ1) is 14.9. The molecule has 19 heavy (non-hydrogen) atoms. The summed E-state index contributed by atoms with van der Waals surface area (Å²) in [7, 11) is 0. The minimum Gasteiger partial charge on any atom is -0.353 e. The van der Waals surface area contributed by atoms with Gasteiger partial charge in [-0.3, -0.25) is 4.79 Å². The highest BCUT2D eigenvalue weighted by molar-refractivity contribution is 5.82. The first-order chi connectivity index (χ1) is 8.58. The van der Waals surface area contributed by atoms with Crippen LogP contribution in [0.5, 0.6) is 0 Å². The Morgan fingerprint density at radius 3 is 2.26 bits per heavy atom. The molecule has 4 atom stereocenters. The largest absolute Gasteiger partial charge is 0.353 e. The van der Waals surface area contributed by atoms with Gasteiger partial charge in [0.25, 0.3) is 0 Å². The van der Waals surface area contributed by atoms with E-state index < -0.39 is 0 Å². The highest BCUT2D eigenvalue weighted by Gasteiger charge is 2.56. The van der Waals surface area contributed by atoms with Crippen LogP contribution >= 0.6 is 0 Å². The van der Waals surface area contributed by atoms with E-state index in [2.05, 4.69) is 53.8 Å². The quantitative estimate of drug-likeness (QED) is 0.825. The predicted molar refractivity (Wildman–Crippen MR) is 79.7 cm³/mol. The normalized spacial score (nSPS) is 36.8. The lowest BCUT2D eigenvalue weighted by molar-refractivity contribution is -0.142. The standard InChI is InChI=1S/C17H31NO/c1-10(2)16(4,5)15(19)18-14-9-12-8-13(11(14)3)17(12,6)7/h10-14H,8-9H2,1-7H3,(H,18,19)/t11?,12-,13?,14+/m0/s1. The van der Waals surface area contributed by atoms with Crippen LogP contribution in [0.4, 0.5) is 0 Å². The van der Waals surface area contributed by atoms with Crippen LogP contribution in [0.3, 0.4) is 0 Å². The molecule has 0 aromatic carbocycles. The minimum absolute atomic E-state index is 0.235. The van der Waals surface area contributed by atoms with E-state index in [0.717, 1.165) is 11.8 Å². The van der Waals surface area contributed by atoms with Gasteiger partial charge in [0.15, 0.2) is 0 Å². The number of carbonyl (C=O) groups is 1. The van der Waals surface area contributed by atoms with E-state index in [9.17, 15) is 4.79 Å². The fraction of sp³-hybridized carbons (Fsp3) is 0.941. The molecule has 3 aliphatic rings. The van der Waals surface area contributed by atoms with Gasteiger partial charge in [-0.25, -0.2) is 0 Å². The molecular formula is C17H31NO. The molecule has 0 saturated heterocycles. The fourth-order valence-corrected chi connectivity index (χ4v) is 3.96. The zero-order valence-corrected chi connectivity index (χ0v) is 13.7. The van der Waals surface area contributed by atoms with Crippen LogP contribution in [-0.2, 0) is 4.79 Å². The Morgan fingerprint density at radius 2 is 1.84 bits per heavy atom. The summed E-state index contributed by atoms with van der Waals surface area (Å²) in [4.78, 5) is 12.5. The van der Waals surface area contributed by atoms with Crippen molar-refractivity contribution in [1.82, 2.24) is 5.32 Å². The zero-order valence-electron chi connectivity index (χ0n) is 13.7. The second-order valence-corrected chi connectivity index (χ2v) is 8.41. The van der Waals surface area contributed by atoms with Crippen molar-refractivity contribution in [2.24, 2.45) is 34.5 Å². The van der Waals surface area contributed by atoms with Crippen molar-refractivity contribution in [3.8, 4) is 0 Å². The van der Waals surface area contributed by atoms with Gasteiger partial charge < -0.3 is 5.32 Å². The van der Waals surface area contributed by atoms with E-state index in [4.69, 9.17) is 0 Å². The van der Waals surface area contributed by atoms with Gasteiger partial charge in [0.1, 0.15) is 0 Å². The number of hydrogen-bond donors (Lipinski definition) is 1. The van der Waals surface area contributed by atoms with Gasteiger partial charge in [0.2, 0.25) is 5.91 Å². The van der Waals surface area contributed by atoms with E-state index in [1.165, 1.54) is 12.8 Å². The van der Waals surface area contributed by atoms with Crippen LogP contribution < -0.4 is 5.32 Å². The van der Waals surface area contributed by atoms with Crippen molar-refractivity contribution in [2.75, 3.05) is 0 Å². The Bertz CT molecular complexity index is 369. The van der Waals surface area contributed by atoms with Crippen LogP contribution in [0.25, 0.3) is 0 Å². The molecule has 3 saturated carbocycles. The molecule has 2 heteroatoms. The van der Waals surface area contributed by atoms with Crippen LogP contribution in [-0.4, -0.2) is 11.9 Å². The SMILES string of the molecule is CC1C2C[C@@H](C[C@H]1NC(=O)C(C)(C)C(C)C)C2(C)C. The lowest BCUT2D eigenvalue weighted by Crippen LogP contribution is -2.61.